The van der Waals surface area contributed by atoms with Gasteiger partial charge >= 0.3 is 0 Å². The molecule has 2 fully saturated rings. The molecule has 0 radical (unpaired) electrons. The van der Waals surface area contributed by atoms with Gasteiger partial charge in [0.25, 0.3) is 0 Å². The van der Waals surface area contributed by atoms with E-state index in [-0.39, 0.29) is 12.4 Å². The zero-order valence-electron chi connectivity index (χ0n) is 11.5. The topological polar surface area (TPSA) is 35.6 Å². The quantitative estimate of drug-likeness (QED) is 0.835. The molecule has 2 aliphatic rings. The number of likely N-dealkylation sites (N-methyl/N-ethyl adjacent to an activating group) is 1. The normalized spacial score (nSPS) is 27.6. The number of nitrogens with one attached hydrogen (secondary N) is 1. The van der Waals surface area contributed by atoms with Crippen LogP contribution in [-0.4, -0.2) is 61.5 Å². The molecule has 4 nitrogen and oxygen atoms in total. The Morgan fingerprint density at radius 1 is 1.33 bits per heavy atom. The summed E-state index contributed by atoms with van der Waals surface area (Å²) < 4.78 is 0. The fourth-order valence-electron chi connectivity index (χ4n) is 3.03. The number of halogens is 1. The van der Waals surface area contributed by atoms with Gasteiger partial charge in [0.2, 0.25) is 5.91 Å². The van der Waals surface area contributed by atoms with Crippen LogP contribution in [0.25, 0.3) is 0 Å². The van der Waals surface area contributed by atoms with Crippen molar-refractivity contribution in [1.29, 1.82) is 0 Å². The number of likely N-dealkylation sites (tertiary alicyclic amines) is 1. The molecule has 2 aliphatic heterocycles. The molecule has 1 N–H and O–H groups in total. The average Bonchev–Trinajstić information content (AvgIpc) is 2.87. The molecule has 0 spiro atoms. The first kappa shape index (κ1) is 15.7. The zero-order chi connectivity index (χ0) is 12.3. The maximum Gasteiger partial charge on any atom is 0.224 e. The lowest BCUT2D eigenvalue weighted by atomic mass is 10.1. The minimum atomic E-state index is 0. The lowest BCUT2D eigenvalue weighted by Gasteiger charge is -2.28. The molecule has 2 unspecified atom stereocenters. The van der Waals surface area contributed by atoms with Crippen molar-refractivity contribution in [2.75, 3.05) is 33.7 Å². The number of carbonyl (C=O) groups excluding carboxylic acids is 1. The third kappa shape index (κ3) is 4.11. The predicted molar refractivity (Wildman–Crippen MR) is 76.2 cm³/mol. The molecule has 2 atom stereocenters. The van der Waals surface area contributed by atoms with Crippen molar-refractivity contribution >= 4 is 18.3 Å². The van der Waals surface area contributed by atoms with Gasteiger partial charge in [0, 0.05) is 31.6 Å². The SMILES string of the molecule is CN(C)CC1CCCN1C(=O)CC1CCCN1.Cl. The van der Waals surface area contributed by atoms with Crippen molar-refractivity contribution in [2.24, 2.45) is 0 Å². The zero-order valence-corrected chi connectivity index (χ0v) is 12.3. The molecule has 0 saturated carbocycles. The summed E-state index contributed by atoms with van der Waals surface area (Å²) in [6, 6.07) is 0.877. The van der Waals surface area contributed by atoms with Crippen molar-refractivity contribution in [3.05, 3.63) is 0 Å². The number of amides is 1. The lowest BCUT2D eigenvalue weighted by Crippen LogP contribution is -2.43. The Morgan fingerprint density at radius 3 is 2.72 bits per heavy atom. The Morgan fingerprint density at radius 2 is 2.11 bits per heavy atom. The highest BCUT2D eigenvalue weighted by atomic mass is 35.5. The second kappa shape index (κ2) is 7.31. The molecule has 2 rings (SSSR count). The summed E-state index contributed by atoms with van der Waals surface area (Å²) in [6.45, 7) is 3.05. The fourth-order valence-corrected chi connectivity index (χ4v) is 3.03. The minimum Gasteiger partial charge on any atom is -0.338 e. The summed E-state index contributed by atoms with van der Waals surface area (Å²) in [5.74, 6) is 0.355. The van der Waals surface area contributed by atoms with Crippen molar-refractivity contribution in [3.8, 4) is 0 Å². The first-order chi connectivity index (χ1) is 8.16. The summed E-state index contributed by atoms with van der Waals surface area (Å²) in [4.78, 5) is 16.6. The van der Waals surface area contributed by atoms with E-state index < -0.39 is 0 Å². The van der Waals surface area contributed by atoms with E-state index in [4.69, 9.17) is 0 Å². The largest absolute Gasteiger partial charge is 0.338 e. The highest BCUT2D eigenvalue weighted by Crippen LogP contribution is 2.20. The van der Waals surface area contributed by atoms with E-state index >= 15 is 0 Å². The molecular weight excluding hydrogens is 250 g/mol. The smallest absolute Gasteiger partial charge is 0.224 e. The van der Waals surface area contributed by atoms with E-state index in [2.05, 4.69) is 29.2 Å². The Bertz CT molecular complexity index is 267. The van der Waals surface area contributed by atoms with Gasteiger partial charge in [-0.1, -0.05) is 0 Å². The highest BCUT2D eigenvalue weighted by Gasteiger charge is 2.30. The molecule has 5 heteroatoms. The number of carbonyl (C=O) groups is 1. The fraction of sp³-hybridized carbons (Fsp3) is 0.923. The van der Waals surface area contributed by atoms with Crippen molar-refractivity contribution in [2.45, 2.75) is 44.2 Å². The Balaban J connectivity index is 0.00000162. The minimum absolute atomic E-state index is 0. The summed E-state index contributed by atoms with van der Waals surface area (Å²) in [5, 5.41) is 3.41. The van der Waals surface area contributed by atoms with Crippen LogP contribution in [0.3, 0.4) is 0 Å². The van der Waals surface area contributed by atoms with Crippen LogP contribution in [-0.2, 0) is 4.79 Å². The summed E-state index contributed by atoms with van der Waals surface area (Å²) in [5.41, 5.74) is 0. The maximum absolute atomic E-state index is 12.3. The Hall–Kier alpha value is -0.320. The van der Waals surface area contributed by atoms with Gasteiger partial charge in [0.15, 0.2) is 0 Å². The number of nitrogens with zero attached hydrogens (tertiary/aromatic N) is 2. The van der Waals surface area contributed by atoms with Gasteiger partial charge in [-0.25, -0.2) is 0 Å². The molecule has 2 saturated heterocycles. The van der Waals surface area contributed by atoms with E-state index in [0.717, 1.165) is 26.1 Å². The molecule has 106 valence electrons. The van der Waals surface area contributed by atoms with Crippen LogP contribution in [0.5, 0.6) is 0 Å². The molecule has 2 heterocycles. The predicted octanol–water partition coefficient (Wildman–Crippen LogP) is 1.10. The molecule has 0 aromatic heterocycles. The number of hydrogen-bond acceptors (Lipinski definition) is 3. The van der Waals surface area contributed by atoms with Crippen LogP contribution in [0.1, 0.15) is 32.1 Å². The van der Waals surface area contributed by atoms with Crippen LogP contribution in [0.15, 0.2) is 0 Å². The van der Waals surface area contributed by atoms with E-state index in [9.17, 15) is 4.79 Å². The van der Waals surface area contributed by atoms with Gasteiger partial charge in [-0.15, -0.1) is 12.4 Å². The number of rotatable bonds is 4. The average molecular weight is 276 g/mol. The van der Waals surface area contributed by atoms with Gasteiger partial charge < -0.3 is 15.1 Å². The van der Waals surface area contributed by atoms with Crippen LogP contribution in [0.2, 0.25) is 0 Å². The first-order valence-electron chi connectivity index (χ1n) is 6.84. The van der Waals surface area contributed by atoms with Gasteiger partial charge in [-0.3, -0.25) is 4.79 Å². The van der Waals surface area contributed by atoms with Crippen LogP contribution in [0.4, 0.5) is 0 Å². The molecule has 0 aromatic rings. The monoisotopic (exact) mass is 275 g/mol. The molecule has 0 aromatic carbocycles. The van der Waals surface area contributed by atoms with Crippen molar-refractivity contribution in [1.82, 2.24) is 15.1 Å². The molecule has 1 amide bonds. The Kier molecular flexibility index (Phi) is 6.39. The Labute approximate surface area is 116 Å². The second-order valence-electron chi connectivity index (χ2n) is 5.64. The van der Waals surface area contributed by atoms with Crippen LogP contribution < -0.4 is 5.32 Å². The van der Waals surface area contributed by atoms with E-state index in [1.807, 2.05) is 0 Å². The highest BCUT2D eigenvalue weighted by molar-refractivity contribution is 5.85. The molecular formula is C13H26ClN3O. The van der Waals surface area contributed by atoms with E-state index in [0.29, 0.717) is 24.4 Å². The summed E-state index contributed by atoms with van der Waals surface area (Å²) in [6.07, 6.45) is 5.42. The molecule has 0 aliphatic carbocycles. The van der Waals surface area contributed by atoms with Gasteiger partial charge in [-0.2, -0.15) is 0 Å². The van der Waals surface area contributed by atoms with E-state index in [1.54, 1.807) is 0 Å². The third-order valence-electron chi connectivity index (χ3n) is 3.86. The first-order valence-corrected chi connectivity index (χ1v) is 6.84. The second-order valence-corrected chi connectivity index (χ2v) is 5.64. The lowest BCUT2D eigenvalue weighted by molar-refractivity contribution is -0.132. The van der Waals surface area contributed by atoms with E-state index in [1.165, 1.54) is 19.3 Å². The third-order valence-corrected chi connectivity index (χ3v) is 3.86. The molecule has 0 bridgehead atoms. The molecule has 18 heavy (non-hydrogen) atoms. The van der Waals surface area contributed by atoms with Crippen molar-refractivity contribution < 1.29 is 4.79 Å². The van der Waals surface area contributed by atoms with Gasteiger partial charge in [0.05, 0.1) is 0 Å². The maximum atomic E-state index is 12.3. The van der Waals surface area contributed by atoms with Gasteiger partial charge in [-0.05, 0) is 46.3 Å². The van der Waals surface area contributed by atoms with Crippen molar-refractivity contribution in [3.63, 3.8) is 0 Å². The van der Waals surface area contributed by atoms with Crippen LogP contribution in [0, 0.1) is 0 Å². The standard InChI is InChI=1S/C13H25N3O.ClH/c1-15(2)10-12-6-4-8-16(12)13(17)9-11-5-3-7-14-11;/h11-12,14H,3-10H2,1-2H3;1H. The summed E-state index contributed by atoms with van der Waals surface area (Å²) >= 11 is 0. The summed E-state index contributed by atoms with van der Waals surface area (Å²) in [7, 11) is 4.17. The number of hydrogen-bond donors (Lipinski definition) is 1. The van der Waals surface area contributed by atoms with Gasteiger partial charge in [0.1, 0.15) is 0 Å². The van der Waals surface area contributed by atoms with Crippen LogP contribution >= 0.6 is 12.4 Å².